The Morgan fingerprint density at radius 1 is 0.733 bits per heavy atom. The van der Waals surface area contributed by atoms with Gasteiger partial charge in [0.05, 0.1) is 7.11 Å². The number of esters is 1. The first-order valence-corrected chi connectivity index (χ1v) is 9.76. The molecule has 0 saturated heterocycles. The van der Waals surface area contributed by atoms with E-state index in [0.29, 0.717) is 5.75 Å². The molecule has 0 N–H and O–H groups in total. The van der Waals surface area contributed by atoms with Gasteiger partial charge in [-0.2, -0.15) is 0 Å². The number of hydrogen-bond donors (Lipinski definition) is 0. The van der Waals surface area contributed by atoms with Gasteiger partial charge in [-0.1, -0.05) is 36.4 Å². The maximum atomic E-state index is 12.1. The molecule has 0 atom stereocenters. The molecule has 4 nitrogen and oxygen atoms in total. The molecule has 0 aliphatic carbocycles. The number of hydrogen-bond acceptors (Lipinski definition) is 4. The van der Waals surface area contributed by atoms with Crippen LogP contribution < -0.4 is 14.2 Å². The fraction of sp³-hybridized carbons (Fsp3) is 0.192. The predicted molar refractivity (Wildman–Crippen MR) is 120 cm³/mol. The van der Waals surface area contributed by atoms with Crippen molar-refractivity contribution < 1.29 is 19.0 Å². The summed E-state index contributed by atoms with van der Waals surface area (Å²) in [5, 5.41) is 0. The van der Waals surface area contributed by atoms with E-state index in [9.17, 15) is 4.79 Å². The molecule has 0 radical (unpaired) electrons. The van der Waals surface area contributed by atoms with Gasteiger partial charge < -0.3 is 14.2 Å². The van der Waals surface area contributed by atoms with E-state index in [1.54, 1.807) is 25.3 Å². The Labute approximate surface area is 177 Å². The van der Waals surface area contributed by atoms with Crippen molar-refractivity contribution in [1.29, 1.82) is 0 Å². The van der Waals surface area contributed by atoms with Gasteiger partial charge in [0, 0.05) is 6.08 Å². The van der Waals surface area contributed by atoms with Crippen LogP contribution >= 0.6 is 0 Å². The van der Waals surface area contributed by atoms with Crippen molar-refractivity contribution in [3.8, 4) is 28.4 Å². The van der Waals surface area contributed by atoms with E-state index in [1.165, 1.54) is 6.08 Å². The molecule has 154 valence electrons. The smallest absolute Gasteiger partial charge is 0.336 e. The van der Waals surface area contributed by atoms with Gasteiger partial charge in [-0.15, -0.1) is 0 Å². The zero-order valence-corrected chi connectivity index (χ0v) is 17.7. The molecule has 0 unspecified atom stereocenters. The molecule has 0 amide bonds. The minimum atomic E-state index is -0.428. The van der Waals surface area contributed by atoms with Crippen molar-refractivity contribution in [2.75, 3.05) is 7.11 Å². The highest BCUT2D eigenvalue weighted by Gasteiger charge is 2.11. The van der Waals surface area contributed by atoms with Crippen LogP contribution in [0.25, 0.3) is 17.2 Å². The second-order valence-corrected chi connectivity index (χ2v) is 7.79. The highest BCUT2D eigenvalue weighted by molar-refractivity contribution is 5.88. The average Bonchev–Trinajstić information content (AvgIpc) is 2.73. The van der Waals surface area contributed by atoms with Crippen LogP contribution in [0.3, 0.4) is 0 Å². The van der Waals surface area contributed by atoms with Gasteiger partial charge in [-0.05, 0) is 79.9 Å². The van der Waals surface area contributed by atoms with Crippen LogP contribution in [0.5, 0.6) is 17.2 Å². The number of rotatable bonds is 6. The first-order valence-electron chi connectivity index (χ1n) is 9.76. The maximum Gasteiger partial charge on any atom is 0.336 e. The Bertz CT molecular complexity index is 993. The third kappa shape index (κ3) is 6.24. The first kappa shape index (κ1) is 21.2. The molecule has 4 heteroatoms. The zero-order valence-electron chi connectivity index (χ0n) is 17.7. The summed E-state index contributed by atoms with van der Waals surface area (Å²) in [7, 11) is 1.62. The average molecular weight is 402 g/mol. The summed E-state index contributed by atoms with van der Waals surface area (Å²) in [5.41, 5.74) is 2.76. The SMILES string of the molecule is COc1ccc(/C=C/C(=O)Oc2ccc(-c3ccc(OC(C)(C)C)cc3)cc2)cc1. The van der Waals surface area contributed by atoms with Gasteiger partial charge in [0.2, 0.25) is 0 Å². The van der Waals surface area contributed by atoms with Gasteiger partial charge in [0.25, 0.3) is 0 Å². The Hall–Kier alpha value is -3.53. The van der Waals surface area contributed by atoms with Crippen molar-refractivity contribution >= 4 is 12.0 Å². The molecule has 0 aromatic heterocycles. The second kappa shape index (κ2) is 9.31. The number of ether oxygens (including phenoxy) is 3. The molecule has 0 fully saturated rings. The molecule has 0 saturated carbocycles. The molecule has 0 aliphatic heterocycles. The minimum absolute atomic E-state index is 0.227. The topological polar surface area (TPSA) is 44.8 Å². The molecule has 3 rings (SSSR count). The van der Waals surface area contributed by atoms with Crippen molar-refractivity contribution in [2.45, 2.75) is 26.4 Å². The van der Waals surface area contributed by atoms with Crippen LogP contribution in [-0.4, -0.2) is 18.7 Å². The monoisotopic (exact) mass is 402 g/mol. The molecular weight excluding hydrogens is 376 g/mol. The minimum Gasteiger partial charge on any atom is -0.497 e. The van der Waals surface area contributed by atoms with Crippen LogP contribution in [0.4, 0.5) is 0 Å². The van der Waals surface area contributed by atoms with Gasteiger partial charge in [-0.3, -0.25) is 0 Å². The van der Waals surface area contributed by atoms with E-state index >= 15 is 0 Å². The summed E-state index contributed by atoms with van der Waals surface area (Å²) < 4.78 is 16.3. The van der Waals surface area contributed by atoms with Crippen LogP contribution in [-0.2, 0) is 4.79 Å². The first-order chi connectivity index (χ1) is 14.3. The lowest BCUT2D eigenvalue weighted by molar-refractivity contribution is -0.128. The fourth-order valence-electron chi connectivity index (χ4n) is 2.81. The predicted octanol–water partition coefficient (Wildman–Crippen LogP) is 6.16. The third-order valence-corrected chi connectivity index (χ3v) is 4.21. The largest absolute Gasteiger partial charge is 0.497 e. The van der Waals surface area contributed by atoms with Crippen LogP contribution in [0.2, 0.25) is 0 Å². The lowest BCUT2D eigenvalue weighted by atomic mass is 10.1. The fourth-order valence-corrected chi connectivity index (χ4v) is 2.81. The number of benzene rings is 3. The normalized spacial score (nSPS) is 11.3. The quantitative estimate of drug-likeness (QED) is 0.281. The number of methoxy groups -OCH3 is 1. The number of carbonyl (C=O) groups is 1. The lowest BCUT2D eigenvalue weighted by Crippen LogP contribution is -2.22. The maximum absolute atomic E-state index is 12.1. The molecule has 3 aromatic rings. The van der Waals surface area contributed by atoms with Gasteiger partial charge >= 0.3 is 5.97 Å². The summed E-state index contributed by atoms with van der Waals surface area (Å²) in [6, 6.07) is 22.8. The number of carbonyl (C=O) groups excluding carboxylic acids is 1. The van der Waals surface area contributed by atoms with E-state index in [4.69, 9.17) is 14.2 Å². The van der Waals surface area contributed by atoms with Crippen LogP contribution in [0, 0.1) is 0 Å². The summed E-state index contributed by atoms with van der Waals surface area (Å²) in [4.78, 5) is 12.1. The zero-order chi connectivity index (χ0) is 21.6. The highest BCUT2D eigenvalue weighted by atomic mass is 16.5. The molecular formula is C26H26O4. The van der Waals surface area contributed by atoms with Crippen molar-refractivity contribution in [3.05, 3.63) is 84.4 Å². The Morgan fingerprint density at radius 2 is 1.23 bits per heavy atom. The Kier molecular flexibility index (Phi) is 6.58. The standard InChI is InChI=1S/C26H26O4/c1-26(2,3)30-24-16-10-21(11-17-24)20-8-14-23(15-9-20)29-25(27)18-7-19-5-12-22(28-4)13-6-19/h5-18H,1-4H3/b18-7+. The summed E-state index contributed by atoms with van der Waals surface area (Å²) in [6.07, 6.45) is 3.11. The lowest BCUT2D eigenvalue weighted by Gasteiger charge is -2.21. The highest BCUT2D eigenvalue weighted by Crippen LogP contribution is 2.26. The molecule has 0 aliphatic rings. The van der Waals surface area contributed by atoms with Crippen molar-refractivity contribution in [2.24, 2.45) is 0 Å². The summed E-state index contributed by atoms with van der Waals surface area (Å²) in [5.74, 6) is 1.67. The molecule has 30 heavy (non-hydrogen) atoms. The molecule has 0 spiro atoms. The summed E-state index contributed by atoms with van der Waals surface area (Å²) in [6.45, 7) is 6.06. The van der Waals surface area contributed by atoms with E-state index < -0.39 is 5.97 Å². The Morgan fingerprint density at radius 3 is 1.73 bits per heavy atom. The van der Waals surface area contributed by atoms with Crippen LogP contribution in [0.15, 0.2) is 78.9 Å². The Balaban J connectivity index is 1.59. The van der Waals surface area contributed by atoms with E-state index in [1.807, 2.05) is 81.4 Å². The van der Waals surface area contributed by atoms with Crippen LogP contribution in [0.1, 0.15) is 26.3 Å². The molecule has 0 heterocycles. The second-order valence-electron chi connectivity index (χ2n) is 7.79. The van der Waals surface area contributed by atoms with Gasteiger partial charge in [-0.25, -0.2) is 4.79 Å². The van der Waals surface area contributed by atoms with Gasteiger partial charge in [0.1, 0.15) is 22.8 Å². The third-order valence-electron chi connectivity index (χ3n) is 4.21. The van der Waals surface area contributed by atoms with E-state index in [-0.39, 0.29) is 5.60 Å². The summed E-state index contributed by atoms with van der Waals surface area (Å²) >= 11 is 0. The molecule has 3 aromatic carbocycles. The molecule has 0 bridgehead atoms. The van der Waals surface area contributed by atoms with Crippen molar-refractivity contribution in [3.63, 3.8) is 0 Å². The van der Waals surface area contributed by atoms with Crippen molar-refractivity contribution in [1.82, 2.24) is 0 Å². The van der Waals surface area contributed by atoms with E-state index in [2.05, 4.69) is 0 Å². The van der Waals surface area contributed by atoms with E-state index in [0.717, 1.165) is 28.2 Å². The van der Waals surface area contributed by atoms with Gasteiger partial charge in [0.15, 0.2) is 0 Å².